The number of rotatable bonds is 3. The Morgan fingerprint density at radius 1 is 1.10 bits per heavy atom. The van der Waals surface area contributed by atoms with Gasteiger partial charge in [-0.05, 0) is 36.2 Å². The minimum Gasteiger partial charge on any atom is -0.351 e. The van der Waals surface area contributed by atoms with Crippen LogP contribution in [0.2, 0.25) is 0 Å². The van der Waals surface area contributed by atoms with Crippen LogP contribution in [0.15, 0.2) is 54.6 Å². The zero-order chi connectivity index (χ0) is 20.9. The molecule has 0 bridgehead atoms. The molecule has 8 heteroatoms. The molecule has 3 heterocycles. The summed E-state index contributed by atoms with van der Waals surface area (Å²) in [5, 5.41) is 3.72. The van der Waals surface area contributed by atoms with Crippen molar-refractivity contribution in [2.75, 3.05) is 13.1 Å². The summed E-state index contributed by atoms with van der Waals surface area (Å²) >= 11 is 0. The van der Waals surface area contributed by atoms with Crippen LogP contribution in [0.3, 0.4) is 0 Å². The summed E-state index contributed by atoms with van der Waals surface area (Å²) in [6, 6.07) is 14.6. The molecule has 0 radical (unpaired) electrons. The summed E-state index contributed by atoms with van der Waals surface area (Å²) in [6.07, 6.45) is 0.351. The van der Waals surface area contributed by atoms with Crippen LogP contribution in [-0.4, -0.2) is 51.3 Å². The Morgan fingerprint density at radius 3 is 2.63 bits per heavy atom. The molecule has 7 nitrogen and oxygen atoms in total. The Bertz CT molecular complexity index is 1140. The third kappa shape index (κ3) is 2.92. The van der Waals surface area contributed by atoms with E-state index in [0.717, 1.165) is 15.8 Å². The van der Waals surface area contributed by atoms with Crippen LogP contribution in [0, 0.1) is 5.82 Å². The number of carbonyl (C=O) groups is 3. The predicted molar refractivity (Wildman–Crippen MR) is 107 cm³/mol. The van der Waals surface area contributed by atoms with E-state index in [9.17, 15) is 18.8 Å². The van der Waals surface area contributed by atoms with Gasteiger partial charge in [0.15, 0.2) is 0 Å². The van der Waals surface area contributed by atoms with E-state index in [0.29, 0.717) is 24.2 Å². The molecule has 1 aromatic heterocycles. The van der Waals surface area contributed by atoms with Crippen LogP contribution in [0.4, 0.5) is 9.18 Å². The number of para-hydroxylation sites is 1. The number of carbonyl (C=O) groups excluding carboxylic acids is 3. The lowest BCUT2D eigenvalue weighted by atomic mass is 9.99. The van der Waals surface area contributed by atoms with Crippen molar-refractivity contribution < 1.29 is 18.8 Å². The molecular formula is C22H19FN4O3. The molecule has 0 aliphatic carbocycles. The topological polar surface area (TPSA) is 85.5 Å². The van der Waals surface area contributed by atoms with Crippen molar-refractivity contribution in [2.45, 2.75) is 18.5 Å². The number of fused-ring (bicyclic) bond motifs is 1. The number of amides is 4. The Hall–Kier alpha value is -3.68. The van der Waals surface area contributed by atoms with Crippen molar-refractivity contribution in [1.29, 1.82) is 0 Å². The Labute approximate surface area is 171 Å². The molecule has 1 spiro atoms. The molecule has 2 aliphatic rings. The van der Waals surface area contributed by atoms with E-state index in [-0.39, 0.29) is 30.7 Å². The lowest BCUT2D eigenvalue weighted by molar-refractivity contribution is -0.131. The molecule has 2 N–H and O–H groups in total. The highest BCUT2D eigenvalue weighted by Crippen LogP contribution is 2.31. The third-order valence-corrected chi connectivity index (χ3v) is 5.82. The number of nitrogens with zero attached hydrogens (tertiary/aromatic N) is 2. The summed E-state index contributed by atoms with van der Waals surface area (Å²) < 4.78 is 13.1. The van der Waals surface area contributed by atoms with Gasteiger partial charge in [-0.15, -0.1) is 0 Å². The third-order valence-electron chi connectivity index (χ3n) is 5.82. The molecule has 1 unspecified atom stereocenters. The van der Waals surface area contributed by atoms with Gasteiger partial charge in [-0.25, -0.2) is 9.18 Å². The quantitative estimate of drug-likeness (QED) is 0.656. The Kier molecular flexibility index (Phi) is 4.09. The van der Waals surface area contributed by atoms with Crippen molar-refractivity contribution in [2.24, 2.45) is 0 Å². The van der Waals surface area contributed by atoms with Gasteiger partial charge >= 0.3 is 6.03 Å². The minimum absolute atomic E-state index is 0.0582. The van der Waals surface area contributed by atoms with Crippen molar-refractivity contribution in [3.63, 3.8) is 0 Å². The molecule has 0 saturated carbocycles. The molecule has 1 atom stereocenters. The first-order chi connectivity index (χ1) is 14.4. The molecule has 2 fully saturated rings. The number of halogens is 1. The van der Waals surface area contributed by atoms with E-state index >= 15 is 0 Å². The molecule has 30 heavy (non-hydrogen) atoms. The average Bonchev–Trinajstić information content (AvgIpc) is 3.42. The van der Waals surface area contributed by atoms with E-state index in [2.05, 4.69) is 10.3 Å². The van der Waals surface area contributed by atoms with Crippen molar-refractivity contribution in [1.82, 2.24) is 20.1 Å². The maximum absolute atomic E-state index is 13.1. The van der Waals surface area contributed by atoms with Gasteiger partial charge < -0.3 is 15.2 Å². The SMILES string of the molecule is O=C(c1cc2ccccc2[nH]1)N1CCC2(C1)NC(=O)N(Cc1ccc(F)cc1)C2=O. The zero-order valence-electron chi connectivity index (χ0n) is 16.0. The molecule has 4 amide bonds. The van der Waals surface area contributed by atoms with Gasteiger partial charge in [0.05, 0.1) is 13.1 Å². The zero-order valence-corrected chi connectivity index (χ0v) is 16.0. The number of urea groups is 1. The maximum atomic E-state index is 13.1. The summed E-state index contributed by atoms with van der Waals surface area (Å²) in [5.74, 6) is -0.944. The van der Waals surface area contributed by atoms with Crippen LogP contribution in [0.1, 0.15) is 22.5 Å². The van der Waals surface area contributed by atoms with Gasteiger partial charge in [-0.2, -0.15) is 0 Å². The van der Waals surface area contributed by atoms with Crippen LogP contribution < -0.4 is 5.32 Å². The van der Waals surface area contributed by atoms with Gasteiger partial charge in [0.1, 0.15) is 17.1 Å². The van der Waals surface area contributed by atoms with Crippen molar-refractivity contribution in [3.8, 4) is 0 Å². The van der Waals surface area contributed by atoms with E-state index in [1.165, 1.54) is 12.1 Å². The standard InChI is InChI=1S/C22H19FN4O3/c23-16-7-5-14(6-8-16)12-27-20(29)22(25-21(27)30)9-10-26(13-22)19(28)18-11-15-3-1-2-4-17(15)24-18/h1-8,11,24H,9-10,12-13H2,(H,25,30). The van der Waals surface area contributed by atoms with Crippen molar-refractivity contribution >= 4 is 28.7 Å². The fourth-order valence-corrected chi connectivity index (χ4v) is 4.21. The normalized spacial score (nSPS) is 21.1. The first-order valence-electron chi connectivity index (χ1n) is 9.71. The average molecular weight is 406 g/mol. The van der Waals surface area contributed by atoms with E-state index in [4.69, 9.17) is 0 Å². The number of benzene rings is 2. The maximum Gasteiger partial charge on any atom is 0.325 e. The summed E-state index contributed by atoms with van der Waals surface area (Å²) in [5.41, 5.74) is 0.860. The second kappa shape index (κ2) is 6.69. The molecule has 3 aromatic rings. The highest BCUT2D eigenvalue weighted by molar-refractivity contribution is 6.08. The largest absolute Gasteiger partial charge is 0.351 e. The predicted octanol–water partition coefficient (Wildman–Crippen LogP) is 2.64. The second-order valence-corrected chi connectivity index (χ2v) is 7.78. The number of hydrogen-bond acceptors (Lipinski definition) is 3. The highest BCUT2D eigenvalue weighted by Gasteiger charge is 2.55. The van der Waals surface area contributed by atoms with Gasteiger partial charge in [0, 0.05) is 17.4 Å². The second-order valence-electron chi connectivity index (χ2n) is 7.78. The summed E-state index contributed by atoms with van der Waals surface area (Å²) in [7, 11) is 0. The fraction of sp³-hybridized carbons (Fsp3) is 0.227. The Balaban J connectivity index is 1.33. The number of H-pyrrole nitrogens is 1. The number of nitrogens with one attached hydrogen (secondary N) is 2. The molecule has 5 rings (SSSR count). The summed E-state index contributed by atoms with van der Waals surface area (Å²) in [4.78, 5) is 44.4. The minimum atomic E-state index is -1.11. The number of aromatic nitrogens is 1. The van der Waals surface area contributed by atoms with E-state index in [1.807, 2.05) is 24.3 Å². The van der Waals surface area contributed by atoms with Gasteiger partial charge in [-0.3, -0.25) is 14.5 Å². The van der Waals surface area contributed by atoms with Crippen LogP contribution in [-0.2, 0) is 11.3 Å². The van der Waals surface area contributed by atoms with Crippen LogP contribution >= 0.6 is 0 Å². The fourth-order valence-electron chi connectivity index (χ4n) is 4.21. The Morgan fingerprint density at radius 2 is 1.87 bits per heavy atom. The molecule has 2 aromatic carbocycles. The first-order valence-corrected chi connectivity index (χ1v) is 9.71. The van der Waals surface area contributed by atoms with Crippen LogP contribution in [0.5, 0.6) is 0 Å². The number of aromatic amines is 1. The number of likely N-dealkylation sites (tertiary alicyclic amines) is 1. The van der Waals surface area contributed by atoms with Gasteiger partial charge in [0.2, 0.25) is 0 Å². The monoisotopic (exact) mass is 406 g/mol. The molecule has 152 valence electrons. The van der Waals surface area contributed by atoms with E-state index < -0.39 is 11.6 Å². The van der Waals surface area contributed by atoms with Crippen LogP contribution in [0.25, 0.3) is 10.9 Å². The number of hydrogen-bond donors (Lipinski definition) is 2. The lowest BCUT2D eigenvalue weighted by Crippen LogP contribution is -2.49. The van der Waals surface area contributed by atoms with Gasteiger partial charge in [-0.1, -0.05) is 30.3 Å². The molecule has 2 aliphatic heterocycles. The molecular weight excluding hydrogens is 387 g/mol. The van der Waals surface area contributed by atoms with E-state index in [1.54, 1.807) is 23.1 Å². The van der Waals surface area contributed by atoms with Gasteiger partial charge in [0.25, 0.3) is 11.8 Å². The first kappa shape index (κ1) is 18.4. The highest BCUT2D eigenvalue weighted by atomic mass is 19.1. The lowest BCUT2D eigenvalue weighted by Gasteiger charge is -2.22. The van der Waals surface area contributed by atoms with Crippen molar-refractivity contribution in [3.05, 3.63) is 71.7 Å². The smallest absolute Gasteiger partial charge is 0.325 e. The number of imide groups is 1. The summed E-state index contributed by atoms with van der Waals surface area (Å²) in [6.45, 7) is 0.541. The molecule has 2 saturated heterocycles.